The molecule has 1 aromatic heterocycles. The molecule has 1 heterocycles. The highest BCUT2D eigenvalue weighted by molar-refractivity contribution is 6.22. The molecule has 0 radical (unpaired) electrons. The van der Waals surface area contributed by atoms with Crippen LogP contribution in [0.4, 0.5) is 0 Å². The topological polar surface area (TPSA) is 13.1 Å². The summed E-state index contributed by atoms with van der Waals surface area (Å²) in [7, 11) is 0. The van der Waals surface area contributed by atoms with Gasteiger partial charge < -0.3 is 4.42 Å². The number of fused-ring (bicyclic) bond motifs is 7. The third-order valence-corrected chi connectivity index (χ3v) is 7.33. The van der Waals surface area contributed by atoms with Gasteiger partial charge in [-0.1, -0.05) is 115 Å². The molecule has 1 nitrogen and oxygen atoms in total. The van der Waals surface area contributed by atoms with Crippen molar-refractivity contribution in [3.63, 3.8) is 0 Å². The molecular formula is C36H22O. The Kier molecular flexibility index (Phi) is 3.37. The van der Waals surface area contributed by atoms with Gasteiger partial charge in [-0.25, -0.2) is 0 Å². The zero-order valence-electron chi connectivity index (χ0n) is 24.7. The number of benzene rings is 7. The second kappa shape index (κ2) is 7.81. The van der Waals surface area contributed by atoms with Gasteiger partial charge in [0.2, 0.25) is 0 Å². The van der Waals surface area contributed by atoms with Crippen molar-refractivity contribution in [3.05, 3.63) is 133 Å². The first-order valence-electron chi connectivity index (χ1n) is 14.8. The first-order valence-corrected chi connectivity index (χ1v) is 12.3. The van der Waals surface area contributed by atoms with E-state index < -0.39 is 6.04 Å². The molecular weight excluding hydrogens is 448 g/mol. The molecule has 172 valence electrons. The molecule has 0 saturated heterocycles. The predicted molar refractivity (Wildman–Crippen MR) is 157 cm³/mol. The zero-order valence-corrected chi connectivity index (χ0v) is 19.7. The van der Waals surface area contributed by atoms with E-state index in [2.05, 4.69) is 42.5 Å². The Morgan fingerprint density at radius 1 is 0.459 bits per heavy atom. The summed E-state index contributed by atoms with van der Waals surface area (Å²) < 4.78 is 48.8. The van der Waals surface area contributed by atoms with Crippen molar-refractivity contribution in [1.82, 2.24) is 0 Å². The van der Waals surface area contributed by atoms with E-state index in [1.807, 2.05) is 60.7 Å². The molecule has 0 fully saturated rings. The summed E-state index contributed by atoms with van der Waals surface area (Å²) in [4.78, 5) is 0. The van der Waals surface area contributed by atoms with Gasteiger partial charge in [0.1, 0.15) is 11.2 Å². The highest BCUT2D eigenvalue weighted by Gasteiger charge is 2.18. The van der Waals surface area contributed by atoms with Gasteiger partial charge in [-0.05, 0) is 67.4 Å². The van der Waals surface area contributed by atoms with Crippen LogP contribution in [0.25, 0.3) is 76.5 Å². The fraction of sp³-hybridized carbons (Fsp3) is 0. The molecule has 0 aliphatic rings. The van der Waals surface area contributed by atoms with Crippen molar-refractivity contribution < 1.29 is 11.3 Å². The van der Waals surface area contributed by atoms with Crippen molar-refractivity contribution in [2.45, 2.75) is 0 Å². The van der Waals surface area contributed by atoms with Crippen molar-refractivity contribution in [2.75, 3.05) is 0 Å². The van der Waals surface area contributed by atoms with E-state index in [-0.39, 0.29) is 29.7 Å². The van der Waals surface area contributed by atoms with E-state index in [0.717, 1.165) is 65.4 Å². The molecule has 0 aliphatic heterocycles. The summed E-state index contributed by atoms with van der Waals surface area (Å²) in [5, 5.41) is 7.82. The quantitative estimate of drug-likeness (QED) is 0.227. The Balaban J connectivity index is 1.48. The summed E-state index contributed by atoms with van der Waals surface area (Å²) in [6, 6.07) is 33.1. The molecule has 0 spiro atoms. The lowest BCUT2D eigenvalue weighted by Gasteiger charge is -2.17. The minimum absolute atomic E-state index is 0.208. The molecule has 0 aliphatic carbocycles. The molecule has 0 bridgehead atoms. The molecule has 0 amide bonds. The summed E-state index contributed by atoms with van der Waals surface area (Å²) >= 11 is 0. The zero-order chi connectivity index (χ0) is 28.7. The second-order valence-corrected chi connectivity index (χ2v) is 9.32. The highest BCUT2D eigenvalue weighted by Crippen LogP contribution is 2.44. The van der Waals surface area contributed by atoms with Gasteiger partial charge >= 0.3 is 0 Å². The van der Waals surface area contributed by atoms with Gasteiger partial charge in [-0.3, -0.25) is 0 Å². The summed E-state index contributed by atoms with van der Waals surface area (Å²) in [5.74, 6) is 0. The van der Waals surface area contributed by atoms with Crippen molar-refractivity contribution >= 4 is 54.3 Å². The molecule has 1 heteroatoms. The van der Waals surface area contributed by atoms with Gasteiger partial charge in [0.15, 0.2) is 0 Å². The lowest BCUT2D eigenvalue weighted by atomic mass is 9.86. The molecule has 37 heavy (non-hydrogen) atoms. The van der Waals surface area contributed by atoms with E-state index in [4.69, 9.17) is 11.3 Å². The fourth-order valence-corrected chi connectivity index (χ4v) is 5.74. The number of furan rings is 1. The Bertz CT molecular complexity index is 2340. The Morgan fingerprint density at radius 2 is 1.03 bits per heavy atom. The SMILES string of the molecule is [2H]c1c([2H])c([2H])c(-c2c3ccccc3c(-c3ccc4c(c3)oc3c5ccccc5ccc43)c3ccccc23)c([2H])c1[2H]. The second-order valence-electron chi connectivity index (χ2n) is 9.32. The fourth-order valence-electron chi connectivity index (χ4n) is 5.74. The van der Waals surface area contributed by atoms with Gasteiger partial charge in [0, 0.05) is 16.2 Å². The summed E-state index contributed by atoms with van der Waals surface area (Å²) in [6.07, 6.45) is 0. The lowest BCUT2D eigenvalue weighted by Crippen LogP contribution is -1.90. The van der Waals surface area contributed by atoms with Crippen LogP contribution < -0.4 is 0 Å². The van der Waals surface area contributed by atoms with E-state index in [0.29, 0.717) is 5.56 Å². The Labute approximate surface area is 221 Å². The molecule has 8 aromatic rings. The van der Waals surface area contributed by atoms with Gasteiger partial charge in [-0.2, -0.15) is 0 Å². The number of rotatable bonds is 2. The summed E-state index contributed by atoms with van der Waals surface area (Å²) in [5.41, 5.74) is 4.49. The van der Waals surface area contributed by atoms with Crippen LogP contribution in [-0.2, 0) is 0 Å². The van der Waals surface area contributed by atoms with Crippen molar-refractivity contribution in [2.24, 2.45) is 0 Å². The number of hydrogen-bond donors (Lipinski definition) is 0. The summed E-state index contributed by atoms with van der Waals surface area (Å²) in [6.45, 7) is 0. The predicted octanol–water partition coefficient (Wildman–Crippen LogP) is 10.4. The largest absolute Gasteiger partial charge is 0.455 e. The monoisotopic (exact) mass is 475 g/mol. The Morgan fingerprint density at radius 3 is 1.70 bits per heavy atom. The maximum absolute atomic E-state index is 8.76. The average Bonchev–Trinajstić information content (AvgIpc) is 3.41. The molecule has 8 rings (SSSR count). The van der Waals surface area contributed by atoms with Crippen LogP contribution >= 0.6 is 0 Å². The normalized spacial score (nSPS) is 13.7. The first-order chi connectivity index (χ1) is 20.4. The van der Waals surface area contributed by atoms with Crippen LogP contribution in [0.3, 0.4) is 0 Å². The van der Waals surface area contributed by atoms with Gasteiger partial charge in [0.25, 0.3) is 0 Å². The van der Waals surface area contributed by atoms with E-state index in [1.54, 1.807) is 0 Å². The molecule has 0 saturated carbocycles. The minimum atomic E-state index is -0.397. The maximum Gasteiger partial charge on any atom is 0.143 e. The van der Waals surface area contributed by atoms with Crippen molar-refractivity contribution in [1.29, 1.82) is 0 Å². The average molecular weight is 476 g/mol. The molecule has 0 N–H and O–H groups in total. The van der Waals surface area contributed by atoms with Crippen LogP contribution in [0.15, 0.2) is 138 Å². The third-order valence-electron chi connectivity index (χ3n) is 7.33. The van der Waals surface area contributed by atoms with Crippen LogP contribution in [-0.4, -0.2) is 0 Å². The lowest BCUT2D eigenvalue weighted by molar-refractivity contribution is 0.673. The highest BCUT2D eigenvalue weighted by atomic mass is 16.3. The third kappa shape index (κ3) is 2.98. The van der Waals surface area contributed by atoms with Crippen LogP contribution in [0, 0.1) is 0 Å². The van der Waals surface area contributed by atoms with Gasteiger partial charge in [0.05, 0.1) is 6.85 Å². The van der Waals surface area contributed by atoms with E-state index in [9.17, 15) is 0 Å². The van der Waals surface area contributed by atoms with Crippen molar-refractivity contribution in [3.8, 4) is 22.3 Å². The minimum Gasteiger partial charge on any atom is -0.455 e. The Hall–Kier alpha value is -4.88. The smallest absolute Gasteiger partial charge is 0.143 e. The van der Waals surface area contributed by atoms with Crippen LogP contribution in [0.5, 0.6) is 0 Å². The van der Waals surface area contributed by atoms with Crippen LogP contribution in [0.1, 0.15) is 6.85 Å². The standard InChI is InChI=1S/C36H22O/c1-2-11-24(12-3-1)34-28-14-6-8-16-30(28)35(31-17-9-7-15-29(31)34)25-19-20-27-32-21-18-23-10-4-5-13-26(23)36(32)37-33(27)22-25/h1-22H/i1D,2D,3D,11D,12D. The number of hydrogen-bond acceptors (Lipinski definition) is 1. The molecule has 0 unspecified atom stereocenters. The first kappa shape index (κ1) is 16.0. The molecule has 0 atom stereocenters. The van der Waals surface area contributed by atoms with Crippen LogP contribution in [0.2, 0.25) is 0 Å². The van der Waals surface area contributed by atoms with E-state index >= 15 is 0 Å². The maximum atomic E-state index is 8.76. The van der Waals surface area contributed by atoms with E-state index in [1.165, 1.54) is 0 Å². The van der Waals surface area contributed by atoms with Gasteiger partial charge in [-0.15, -0.1) is 0 Å². The molecule has 7 aromatic carbocycles.